The lowest BCUT2D eigenvalue weighted by atomic mass is 10.3. The summed E-state index contributed by atoms with van der Waals surface area (Å²) in [6.07, 6.45) is 0.968. The Balaban J connectivity index is 2.24. The van der Waals surface area contributed by atoms with Crippen molar-refractivity contribution in [3.8, 4) is 17.8 Å². The summed E-state index contributed by atoms with van der Waals surface area (Å²) in [5.74, 6) is 1.07. The maximum absolute atomic E-state index is 5.69. The van der Waals surface area contributed by atoms with Gasteiger partial charge in [-0.15, -0.1) is 4.98 Å². The van der Waals surface area contributed by atoms with E-state index in [-0.39, 0.29) is 12.0 Å². The number of rotatable bonds is 7. The zero-order chi connectivity index (χ0) is 15.1. The van der Waals surface area contributed by atoms with Gasteiger partial charge in [0.1, 0.15) is 5.75 Å². The largest absolute Gasteiger partial charge is 0.464 e. The molecule has 0 spiro atoms. The van der Waals surface area contributed by atoms with E-state index in [9.17, 15) is 0 Å². The number of halogens is 1. The van der Waals surface area contributed by atoms with Crippen LogP contribution < -0.4 is 14.8 Å². The first-order chi connectivity index (χ1) is 10.2. The molecule has 0 saturated heterocycles. The molecule has 1 N–H and O–H groups in total. The fourth-order valence-corrected chi connectivity index (χ4v) is 1.88. The van der Waals surface area contributed by atoms with Crippen molar-refractivity contribution in [3.05, 3.63) is 28.7 Å². The van der Waals surface area contributed by atoms with Crippen molar-refractivity contribution in [1.82, 2.24) is 15.0 Å². The average Bonchev–Trinajstić information content (AvgIpc) is 2.48. The lowest BCUT2D eigenvalue weighted by molar-refractivity contribution is 0.303. The zero-order valence-corrected chi connectivity index (χ0v) is 13.6. The van der Waals surface area contributed by atoms with Crippen molar-refractivity contribution >= 4 is 21.9 Å². The topological polar surface area (TPSA) is 69.2 Å². The third-order valence-corrected chi connectivity index (χ3v) is 3.09. The molecule has 1 heterocycles. The lowest BCUT2D eigenvalue weighted by Crippen LogP contribution is -2.08. The predicted octanol–water partition coefficient (Wildman–Crippen LogP) is 3.65. The SMILES string of the molecule is CCCNc1nc(OCC)nc(Oc2ccccc2Br)n1. The minimum atomic E-state index is 0.193. The molecule has 112 valence electrons. The van der Waals surface area contributed by atoms with Crippen molar-refractivity contribution in [2.45, 2.75) is 20.3 Å². The van der Waals surface area contributed by atoms with Gasteiger partial charge in [-0.05, 0) is 41.4 Å². The lowest BCUT2D eigenvalue weighted by Gasteiger charge is -2.09. The van der Waals surface area contributed by atoms with E-state index in [1.54, 1.807) is 0 Å². The number of para-hydroxylation sites is 1. The Labute approximate surface area is 132 Å². The van der Waals surface area contributed by atoms with Gasteiger partial charge >= 0.3 is 12.0 Å². The molecule has 1 aromatic heterocycles. The van der Waals surface area contributed by atoms with Gasteiger partial charge in [-0.2, -0.15) is 9.97 Å². The van der Waals surface area contributed by atoms with E-state index in [1.807, 2.05) is 31.2 Å². The van der Waals surface area contributed by atoms with Crippen LogP contribution >= 0.6 is 15.9 Å². The number of hydrogen-bond donors (Lipinski definition) is 1. The van der Waals surface area contributed by atoms with Gasteiger partial charge < -0.3 is 14.8 Å². The van der Waals surface area contributed by atoms with E-state index in [0.717, 1.165) is 17.4 Å². The Morgan fingerprint density at radius 1 is 1.10 bits per heavy atom. The van der Waals surface area contributed by atoms with Gasteiger partial charge in [-0.1, -0.05) is 19.1 Å². The summed E-state index contributed by atoms with van der Waals surface area (Å²) in [6, 6.07) is 7.93. The van der Waals surface area contributed by atoms with Crippen molar-refractivity contribution in [1.29, 1.82) is 0 Å². The Kier molecular flexibility index (Phi) is 5.74. The standard InChI is InChI=1S/C14H17BrN4O2/c1-3-9-16-12-17-13(20-4-2)19-14(18-12)21-11-8-6-5-7-10(11)15/h5-8H,3-4,9H2,1-2H3,(H,16,17,18,19). The summed E-state index contributed by atoms with van der Waals surface area (Å²) in [7, 11) is 0. The highest BCUT2D eigenvalue weighted by atomic mass is 79.9. The zero-order valence-electron chi connectivity index (χ0n) is 12.0. The highest BCUT2D eigenvalue weighted by Gasteiger charge is 2.10. The van der Waals surface area contributed by atoms with Crippen LogP contribution in [0.3, 0.4) is 0 Å². The molecule has 0 aliphatic carbocycles. The molecule has 1 aromatic carbocycles. The number of benzene rings is 1. The summed E-state index contributed by atoms with van der Waals surface area (Å²) in [4.78, 5) is 12.6. The molecule has 0 aliphatic heterocycles. The van der Waals surface area contributed by atoms with Gasteiger partial charge in [0, 0.05) is 6.54 Å². The molecule has 2 rings (SSSR count). The van der Waals surface area contributed by atoms with Crippen LogP contribution in [0.5, 0.6) is 17.8 Å². The Bertz CT molecular complexity index is 595. The molecule has 0 atom stereocenters. The number of hydrogen-bond acceptors (Lipinski definition) is 6. The van der Waals surface area contributed by atoms with Gasteiger partial charge in [0.15, 0.2) is 0 Å². The Hall–Kier alpha value is -1.89. The van der Waals surface area contributed by atoms with Crippen LogP contribution in [-0.4, -0.2) is 28.1 Å². The minimum absolute atomic E-state index is 0.193. The van der Waals surface area contributed by atoms with Gasteiger partial charge in [0.25, 0.3) is 0 Å². The first-order valence-corrected chi connectivity index (χ1v) is 7.57. The summed E-state index contributed by atoms with van der Waals surface area (Å²) in [6.45, 7) is 5.18. The average molecular weight is 353 g/mol. The van der Waals surface area contributed by atoms with Crippen molar-refractivity contribution in [2.24, 2.45) is 0 Å². The smallest absolute Gasteiger partial charge is 0.330 e. The van der Waals surface area contributed by atoms with E-state index >= 15 is 0 Å². The molecule has 0 radical (unpaired) electrons. The van der Waals surface area contributed by atoms with Crippen LogP contribution in [0.2, 0.25) is 0 Å². The van der Waals surface area contributed by atoms with Crippen LogP contribution in [0.4, 0.5) is 5.95 Å². The molecular weight excluding hydrogens is 336 g/mol. The Morgan fingerprint density at radius 3 is 2.57 bits per heavy atom. The van der Waals surface area contributed by atoms with Crippen LogP contribution in [0.1, 0.15) is 20.3 Å². The monoisotopic (exact) mass is 352 g/mol. The number of nitrogens with zero attached hydrogens (tertiary/aromatic N) is 3. The van der Waals surface area contributed by atoms with Gasteiger partial charge in [-0.3, -0.25) is 0 Å². The Morgan fingerprint density at radius 2 is 1.86 bits per heavy atom. The number of anilines is 1. The second-order valence-corrected chi connectivity index (χ2v) is 4.97. The molecule has 0 bridgehead atoms. The van der Waals surface area contributed by atoms with E-state index < -0.39 is 0 Å². The normalized spacial score (nSPS) is 10.2. The number of ether oxygens (including phenoxy) is 2. The molecule has 7 heteroatoms. The molecule has 0 fully saturated rings. The maximum Gasteiger partial charge on any atom is 0.330 e. The second kappa shape index (κ2) is 7.78. The van der Waals surface area contributed by atoms with E-state index in [4.69, 9.17) is 9.47 Å². The van der Waals surface area contributed by atoms with Crippen LogP contribution in [0.15, 0.2) is 28.7 Å². The van der Waals surface area contributed by atoms with Gasteiger partial charge in [0.05, 0.1) is 11.1 Å². The molecule has 2 aromatic rings. The molecular formula is C14H17BrN4O2. The molecule has 0 saturated carbocycles. The van der Waals surface area contributed by atoms with E-state index in [2.05, 4.69) is 43.1 Å². The third-order valence-electron chi connectivity index (χ3n) is 2.44. The van der Waals surface area contributed by atoms with Gasteiger partial charge in [-0.25, -0.2) is 0 Å². The summed E-state index contributed by atoms with van der Waals surface area (Å²) < 4.78 is 11.9. The molecule has 21 heavy (non-hydrogen) atoms. The van der Waals surface area contributed by atoms with Crippen LogP contribution in [0.25, 0.3) is 0 Å². The highest BCUT2D eigenvalue weighted by Crippen LogP contribution is 2.28. The molecule has 0 aliphatic rings. The van der Waals surface area contributed by atoms with Crippen molar-refractivity contribution in [2.75, 3.05) is 18.5 Å². The maximum atomic E-state index is 5.69. The van der Waals surface area contributed by atoms with Crippen molar-refractivity contribution in [3.63, 3.8) is 0 Å². The quantitative estimate of drug-likeness (QED) is 0.820. The third kappa shape index (κ3) is 4.56. The van der Waals surface area contributed by atoms with Crippen molar-refractivity contribution < 1.29 is 9.47 Å². The summed E-state index contributed by atoms with van der Waals surface area (Å²) in [5, 5.41) is 3.10. The van der Waals surface area contributed by atoms with Gasteiger partial charge in [0.2, 0.25) is 5.95 Å². The minimum Gasteiger partial charge on any atom is -0.464 e. The number of aromatic nitrogens is 3. The van der Waals surface area contributed by atoms with E-state index in [1.165, 1.54) is 0 Å². The first-order valence-electron chi connectivity index (χ1n) is 6.78. The number of nitrogens with one attached hydrogen (secondary N) is 1. The van der Waals surface area contributed by atoms with Crippen LogP contribution in [0, 0.1) is 0 Å². The first kappa shape index (κ1) is 15.5. The molecule has 0 amide bonds. The fourth-order valence-electron chi connectivity index (χ4n) is 1.52. The van der Waals surface area contributed by atoms with E-state index in [0.29, 0.717) is 18.3 Å². The summed E-state index contributed by atoms with van der Waals surface area (Å²) in [5.41, 5.74) is 0. The fraction of sp³-hybridized carbons (Fsp3) is 0.357. The molecule has 6 nitrogen and oxygen atoms in total. The predicted molar refractivity (Wildman–Crippen MR) is 84.0 cm³/mol. The second-order valence-electron chi connectivity index (χ2n) is 4.12. The highest BCUT2D eigenvalue weighted by molar-refractivity contribution is 9.10. The van der Waals surface area contributed by atoms with Crippen LogP contribution in [-0.2, 0) is 0 Å². The summed E-state index contributed by atoms with van der Waals surface area (Å²) >= 11 is 3.42. The molecule has 0 unspecified atom stereocenters.